The second-order valence-corrected chi connectivity index (χ2v) is 6.99. The van der Waals surface area contributed by atoms with Gasteiger partial charge < -0.3 is 9.47 Å². The Labute approximate surface area is 173 Å². The molecule has 1 N–H and O–H groups in total. The lowest BCUT2D eigenvalue weighted by atomic mass is 10.1. The molecular weight excluding hydrogens is 384 g/mol. The molecule has 154 valence electrons. The summed E-state index contributed by atoms with van der Waals surface area (Å²) in [5, 5.41) is 9.40. The van der Waals surface area contributed by atoms with E-state index in [0.717, 1.165) is 29.2 Å². The first-order valence-electron chi connectivity index (χ1n) is 9.78. The number of fused-ring (bicyclic) bond motifs is 2. The number of ether oxygens (including phenoxy) is 2. The molecule has 2 aromatic carbocycles. The maximum absolute atomic E-state index is 12.7. The van der Waals surface area contributed by atoms with Gasteiger partial charge >= 0.3 is 0 Å². The molecule has 0 spiro atoms. The molecule has 8 heteroatoms. The number of rotatable bonds is 6. The van der Waals surface area contributed by atoms with Gasteiger partial charge in [-0.1, -0.05) is 24.3 Å². The van der Waals surface area contributed by atoms with Gasteiger partial charge in [0.05, 0.1) is 5.39 Å². The van der Waals surface area contributed by atoms with Crippen molar-refractivity contribution in [2.75, 3.05) is 6.79 Å². The smallest absolute Gasteiger partial charge is 0.292 e. The van der Waals surface area contributed by atoms with Gasteiger partial charge in [-0.15, -0.1) is 0 Å². The first kappa shape index (κ1) is 19.6. The summed E-state index contributed by atoms with van der Waals surface area (Å²) in [6.45, 7) is 4.29. The summed E-state index contributed by atoms with van der Waals surface area (Å²) in [4.78, 5) is 25.1. The van der Waals surface area contributed by atoms with Gasteiger partial charge in [-0.2, -0.15) is 10.2 Å². The average Bonchev–Trinajstić information content (AvgIpc) is 3.24. The predicted molar refractivity (Wildman–Crippen MR) is 113 cm³/mol. The number of amides is 1. The van der Waals surface area contributed by atoms with Crippen LogP contribution in [0.25, 0.3) is 10.8 Å². The summed E-state index contributed by atoms with van der Waals surface area (Å²) in [6, 6.07) is 12.8. The monoisotopic (exact) mass is 406 g/mol. The highest BCUT2D eigenvalue weighted by atomic mass is 16.7. The highest BCUT2D eigenvalue weighted by molar-refractivity contribution is 6.05. The second kappa shape index (κ2) is 8.36. The van der Waals surface area contributed by atoms with Crippen LogP contribution in [0.5, 0.6) is 11.5 Å². The molecule has 3 aromatic rings. The SMILES string of the molecule is CCn1nc(C(=O)N/N=C(\C)CCc2ccc3c(c2)OCO3)c2ccccc2c1=O. The van der Waals surface area contributed by atoms with Crippen LogP contribution in [0.1, 0.15) is 36.3 Å². The summed E-state index contributed by atoms with van der Waals surface area (Å²) in [6.07, 6.45) is 1.42. The maximum Gasteiger partial charge on any atom is 0.292 e. The normalized spacial score (nSPS) is 12.9. The molecule has 0 bridgehead atoms. The highest BCUT2D eigenvalue weighted by Crippen LogP contribution is 2.32. The van der Waals surface area contributed by atoms with E-state index in [0.29, 0.717) is 23.7 Å². The third kappa shape index (κ3) is 3.89. The van der Waals surface area contributed by atoms with Crippen molar-refractivity contribution >= 4 is 22.4 Å². The van der Waals surface area contributed by atoms with Crippen LogP contribution < -0.4 is 20.5 Å². The Kier molecular flexibility index (Phi) is 5.47. The lowest BCUT2D eigenvalue weighted by Gasteiger charge is -2.09. The van der Waals surface area contributed by atoms with Crippen molar-refractivity contribution in [1.82, 2.24) is 15.2 Å². The second-order valence-electron chi connectivity index (χ2n) is 6.99. The number of aromatic nitrogens is 2. The fourth-order valence-corrected chi connectivity index (χ4v) is 3.29. The molecule has 0 unspecified atom stereocenters. The molecule has 1 amide bonds. The number of hydrogen-bond donors (Lipinski definition) is 1. The van der Waals surface area contributed by atoms with Gasteiger partial charge in [0.15, 0.2) is 17.2 Å². The van der Waals surface area contributed by atoms with E-state index < -0.39 is 5.91 Å². The molecule has 30 heavy (non-hydrogen) atoms. The number of carbonyl (C=O) groups excluding carboxylic acids is 1. The summed E-state index contributed by atoms with van der Waals surface area (Å²) >= 11 is 0. The van der Waals surface area contributed by atoms with Crippen LogP contribution in [-0.4, -0.2) is 28.2 Å². The Hall–Kier alpha value is -3.68. The van der Waals surface area contributed by atoms with E-state index in [2.05, 4.69) is 15.6 Å². The van der Waals surface area contributed by atoms with Gasteiger partial charge in [0.1, 0.15) is 0 Å². The molecule has 1 aliphatic rings. The van der Waals surface area contributed by atoms with E-state index in [4.69, 9.17) is 9.47 Å². The Morgan fingerprint density at radius 3 is 2.73 bits per heavy atom. The molecule has 0 saturated carbocycles. The molecule has 1 aromatic heterocycles. The highest BCUT2D eigenvalue weighted by Gasteiger charge is 2.16. The van der Waals surface area contributed by atoms with Crippen LogP contribution in [0.15, 0.2) is 52.4 Å². The van der Waals surface area contributed by atoms with Crippen LogP contribution in [0.3, 0.4) is 0 Å². The van der Waals surface area contributed by atoms with Crippen molar-refractivity contribution in [3.63, 3.8) is 0 Å². The minimum atomic E-state index is -0.448. The minimum Gasteiger partial charge on any atom is -0.454 e. The van der Waals surface area contributed by atoms with E-state index >= 15 is 0 Å². The summed E-state index contributed by atoms with van der Waals surface area (Å²) in [5.41, 5.74) is 4.40. The largest absolute Gasteiger partial charge is 0.454 e. The van der Waals surface area contributed by atoms with Crippen LogP contribution in [-0.2, 0) is 13.0 Å². The number of benzene rings is 2. The third-order valence-corrected chi connectivity index (χ3v) is 4.94. The zero-order valence-corrected chi connectivity index (χ0v) is 16.8. The van der Waals surface area contributed by atoms with Crippen LogP contribution in [0.2, 0.25) is 0 Å². The molecular formula is C22H22N4O4. The van der Waals surface area contributed by atoms with Crippen molar-refractivity contribution in [3.05, 3.63) is 64.1 Å². The number of carbonyl (C=O) groups is 1. The van der Waals surface area contributed by atoms with E-state index in [9.17, 15) is 9.59 Å². The van der Waals surface area contributed by atoms with E-state index in [1.54, 1.807) is 24.3 Å². The topological polar surface area (TPSA) is 94.8 Å². The third-order valence-electron chi connectivity index (χ3n) is 4.94. The summed E-state index contributed by atoms with van der Waals surface area (Å²) in [7, 11) is 0. The van der Waals surface area contributed by atoms with Crippen molar-refractivity contribution < 1.29 is 14.3 Å². The first-order valence-corrected chi connectivity index (χ1v) is 9.78. The standard InChI is InChI=1S/C22H22N4O4/c1-3-26-22(28)17-7-5-4-6-16(17)20(25-26)21(27)24-23-14(2)8-9-15-10-11-18-19(12-15)30-13-29-18/h4-7,10-12H,3,8-9,13H2,1-2H3,(H,24,27)/b23-14+. The van der Waals surface area contributed by atoms with E-state index in [-0.39, 0.29) is 18.0 Å². The molecule has 8 nitrogen and oxygen atoms in total. The fourth-order valence-electron chi connectivity index (χ4n) is 3.29. The molecule has 0 saturated heterocycles. The lowest BCUT2D eigenvalue weighted by Crippen LogP contribution is -2.28. The number of nitrogens with zero attached hydrogens (tertiary/aromatic N) is 3. The van der Waals surface area contributed by atoms with Gasteiger partial charge in [0.25, 0.3) is 11.5 Å². The zero-order chi connectivity index (χ0) is 21.1. The number of aryl methyl sites for hydroxylation is 2. The van der Waals surface area contributed by atoms with Crippen molar-refractivity contribution in [3.8, 4) is 11.5 Å². The van der Waals surface area contributed by atoms with Gasteiger partial charge in [-0.25, -0.2) is 10.1 Å². The summed E-state index contributed by atoms with van der Waals surface area (Å²) in [5.74, 6) is 1.06. The molecule has 0 fully saturated rings. The fraction of sp³-hybridized carbons (Fsp3) is 0.273. The molecule has 4 rings (SSSR count). The molecule has 0 aliphatic carbocycles. The Balaban J connectivity index is 1.47. The van der Waals surface area contributed by atoms with E-state index in [1.165, 1.54) is 4.68 Å². The van der Waals surface area contributed by atoms with Crippen molar-refractivity contribution in [1.29, 1.82) is 0 Å². The number of hydrazone groups is 1. The first-order chi connectivity index (χ1) is 14.6. The quantitative estimate of drug-likeness (QED) is 0.502. The van der Waals surface area contributed by atoms with Crippen molar-refractivity contribution in [2.45, 2.75) is 33.2 Å². The average molecular weight is 406 g/mol. The van der Waals surface area contributed by atoms with Crippen LogP contribution >= 0.6 is 0 Å². The van der Waals surface area contributed by atoms with Crippen LogP contribution in [0, 0.1) is 0 Å². The van der Waals surface area contributed by atoms with E-state index in [1.807, 2.05) is 32.0 Å². The Morgan fingerprint density at radius 1 is 1.17 bits per heavy atom. The number of nitrogens with one attached hydrogen (secondary N) is 1. The maximum atomic E-state index is 12.7. The number of hydrogen-bond acceptors (Lipinski definition) is 6. The van der Waals surface area contributed by atoms with Crippen molar-refractivity contribution in [2.24, 2.45) is 5.10 Å². The Morgan fingerprint density at radius 2 is 1.93 bits per heavy atom. The van der Waals surface area contributed by atoms with Gasteiger partial charge in [-0.3, -0.25) is 9.59 Å². The lowest BCUT2D eigenvalue weighted by molar-refractivity contribution is 0.0949. The van der Waals surface area contributed by atoms with Gasteiger partial charge in [0, 0.05) is 17.6 Å². The van der Waals surface area contributed by atoms with Gasteiger partial charge in [0.2, 0.25) is 6.79 Å². The molecule has 0 radical (unpaired) electrons. The molecule has 0 atom stereocenters. The van der Waals surface area contributed by atoms with Gasteiger partial charge in [-0.05, 0) is 50.5 Å². The predicted octanol–water partition coefficient (Wildman–Crippen LogP) is 2.88. The minimum absolute atomic E-state index is 0.180. The Bertz CT molecular complexity index is 1200. The zero-order valence-electron chi connectivity index (χ0n) is 16.8. The molecule has 2 heterocycles. The summed E-state index contributed by atoms with van der Waals surface area (Å²) < 4.78 is 12.0. The molecule has 1 aliphatic heterocycles. The van der Waals surface area contributed by atoms with Crippen LogP contribution in [0.4, 0.5) is 0 Å².